The zero-order chi connectivity index (χ0) is 28.6. The van der Waals surface area contributed by atoms with Gasteiger partial charge in [-0.3, -0.25) is 14.5 Å². The standard InChI is InChI=1S/C29H24Cl2N6O4/c1-14-7-8-16(31)12-21(14)37-26(38)22-23(29(37)19-10-9-15(30)11-20(19)33-27(29)39)36(17-5-4-6-17)24(34-22)18-13-32-28(41-3)35-25(18)40-2/h7-13,17H,4-6H2,1-3H3,(H,33,39). The first-order chi connectivity index (χ1) is 19.8. The largest absolute Gasteiger partial charge is 0.480 e. The van der Waals surface area contributed by atoms with E-state index in [9.17, 15) is 9.59 Å². The second-order valence-corrected chi connectivity index (χ2v) is 11.2. The first-order valence-electron chi connectivity index (χ1n) is 13.1. The second-order valence-electron chi connectivity index (χ2n) is 10.3. The molecule has 41 heavy (non-hydrogen) atoms. The molecular formula is C29H24Cl2N6O4. The Morgan fingerprint density at radius 3 is 2.49 bits per heavy atom. The van der Waals surface area contributed by atoms with Crippen molar-refractivity contribution < 1.29 is 19.1 Å². The predicted octanol–water partition coefficient (Wildman–Crippen LogP) is 5.55. The molecule has 2 amide bonds. The van der Waals surface area contributed by atoms with E-state index in [4.69, 9.17) is 37.7 Å². The Hall–Kier alpha value is -4.15. The third kappa shape index (κ3) is 3.47. The number of fused-ring (bicyclic) bond motifs is 4. The molecule has 7 rings (SSSR count). The van der Waals surface area contributed by atoms with E-state index >= 15 is 0 Å². The maximum absolute atomic E-state index is 14.5. The van der Waals surface area contributed by atoms with Gasteiger partial charge in [0.1, 0.15) is 5.82 Å². The lowest BCUT2D eigenvalue weighted by Gasteiger charge is -2.38. The number of hydrogen-bond acceptors (Lipinski definition) is 7. The van der Waals surface area contributed by atoms with Crippen molar-refractivity contribution in [1.29, 1.82) is 0 Å². The number of amides is 2. The number of nitrogens with one attached hydrogen (secondary N) is 1. The van der Waals surface area contributed by atoms with Gasteiger partial charge < -0.3 is 19.4 Å². The molecule has 10 nitrogen and oxygen atoms in total. The zero-order valence-electron chi connectivity index (χ0n) is 22.4. The summed E-state index contributed by atoms with van der Waals surface area (Å²) in [7, 11) is 2.96. The number of rotatable bonds is 5. The molecular weight excluding hydrogens is 567 g/mol. The van der Waals surface area contributed by atoms with Gasteiger partial charge in [-0.15, -0.1) is 0 Å². The van der Waals surface area contributed by atoms with Gasteiger partial charge in [-0.05, 0) is 56.0 Å². The number of aromatic nitrogens is 4. The van der Waals surface area contributed by atoms with Crippen LogP contribution in [0.15, 0.2) is 42.6 Å². The Morgan fingerprint density at radius 1 is 1.02 bits per heavy atom. The molecule has 4 heterocycles. The summed E-state index contributed by atoms with van der Waals surface area (Å²) in [6.45, 7) is 1.88. The molecule has 1 N–H and O–H groups in total. The average molecular weight is 591 g/mol. The molecule has 1 spiro atoms. The summed E-state index contributed by atoms with van der Waals surface area (Å²) in [4.78, 5) is 44.0. The minimum absolute atomic E-state index is 0.0118. The highest BCUT2D eigenvalue weighted by Gasteiger charge is 2.64. The fourth-order valence-corrected chi connectivity index (χ4v) is 6.42. The van der Waals surface area contributed by atoms with Crippen molar-refractivity contribution in [3.05, 3.63) is 75.2 Å². The fraction of sp³-hybridized carbons (Fsp3) is 0.276. The molecule has 4 aromatic rings. The SMILES string of the molecule is COc1ncc(-c2nc3c(n2C2CCC2)C2(C(=O)Nc4cc(Cl)ccc42)N(c2cc(Cl)ccc2C)C3=O)c(OC)n1. The molecule has 3 aliphatic rings. The number of imidazole rings is 1. The van der Waals surface area contributed by atoms with Crippen LogP contribution in [0.2, 0.25) is 10.0 Å². The molecule has 0 radical (unpaired) electrons. The fourth-order valence-electron chi connectivity index (χ4n) is 6.08. The van der Waals surface area contributed by atoms with E-state index in [1.165, 1.54) is 19.1 Å². The smallest absolute Gasteiger partial charge is 0.319 e. The number of aryl methyl sites for hydroxylation is 1. The minimum atomic E-state index is -1.57. The molecule has 1 saturated carbocycles. The van der Waals surface area contributed by atoms with Gasteiger partial charge in [0.05, 0.1) is 31.2 Å². The number of methoxy groups -OCH3 is 2. The number of halogens is 2. The molecule has 2 aromatic carbocycles. The summed E-state index contributed by atoms with van der Waals surface area (Å²) < 4.78 is 12.8. The van der Waals surface area contributed by atoms with Crippen LogP contribution < -0.4 is 19.7 Å². The summed E-state index contributed by atoms with van der Waals surface area (Å²) in [6.07, 6.45) is 4.27. The van der Waals surface area contributed by atoms with Gasteiger partial charge in [-0.25, -0.2) is 9.97 Å². The van der Waals surface area contributed by atoms with Crippen LogP contribution in [0.4, 0.5) is 11.4 Å². The topological polar surface area (TPSA) is 111 Å². The maximum Gasteiger partial charge on any atom is 0.319 e. The van der Waals surface area contributed by atoms with Crippen LogP contribution in [0.1, 0.15) is 52.6 Å². The van der Waals surface area contributed by atoms with Crippen LogP contribution in [0.3, 0.4) is 0 Å². The summed E-state index contributed by atoms with van der Waals surface area (Å²) >= 11 is 12.8. The van der Waals surface area contributed by atoms with Gasteiger partial charge in [0.25, 0.3) is 11.8 Å². The molecule has 1 unspecified atom stereocenters. The van der Waals surface area contributed by atoms with Crippen LogP contribution >= 0.6 is 23.2 Å². The van der Waals surface area contributed by atoms with Crippen molar-refractivity contribution in [3.8, 4) is 23.3 Å². The van der Waals surface area contributed by atoms with Crippen LogP contribution in [0.5, 0.6) is 11.9 Å². The lowest BCUT2D eigenvalue weighted by molar-refractivity contribution is -0.119. The maximum atomic E-state index is 14.5. The van der Waals surface area contributed by atoms with Crippen molar-refractivity contribution in [1.82, 2.24) is 19.5 Å². The van der Waals surface area contributed by atoms with E-state index in [2.05, 4.69) is 15.3 Å². The lowest BCUT2D eigenvalue weighted by Crippen LogP contribution is -2.51. The number of anilines is 2. The predicted molar refractivity (Wildman–Crippen MR) is 153 cm³/mol. The lowest BCUT2D eigenvalue weighted by atomic mass is 9.85. The molecule has 2 aromatic heterocycles. The zero-order valence-corrected chi connectivity index (χ0v) is 23.9. The quantitative estimate of drug-likeness (QED) is 0.324. The van der Waals surface area contributed by atoms with Crippen LogP contribution in [0, 0.1) is 6.92 Å². The normalized spacial score (nSPS) is 19.3. The van der Waals surface area contributed by atoms with E-state index in [1.807, 2.05) is 17.6 Å². The summed E-state index contributed by atoms with van der Waals surface area (Å²) in [6, 6.07) is 10.6. The van der Waals surface area contributed by atoms with E-state index in [-0.39, 0.29) is 29.5 Å². The van der Waals surface area contributed by atoms with Crippen LogP contribution in [-0.4, -0.2) is 45.6 Å². The van der Waals surface area contributed by atoms with Crippen molar-refractivity contribution >= 4 is 46.4 Å². The molecule has 1 aliphatic carbocycles. The number of carbonyl (C=O) groups is 2. The molecule has 1 fully saturated rings. The highest BCUT2D eigenvalue weighted by molar-refractivity contribution is 6.32. The average Bonchev–Trinajstić information content (AvgIpc) is 3.52. The van der Waals surface area contributed by atoms with Gasteiger partial charge >= 0.3 is 6.01 Å². The van der Waals surface area contributed by atoms with Crippen LogP contribution in [-0.2, 0) is 10.3 Å². The number of hydrogen-bond donors (Lipinski definition) is 1. The number of nitrogens with zero attached hydrogens (tertiary/aromatic N) is 5. The number of benzene rings is 2. The first-order valence-corrected chi connectivity index (χ1v) is 13.9. The van der Waals surface area contributed by atoms with Crippen molar-refractivity contribution in [2.75, 3.05) is 24.4 Å². The van der Waals surface area contributed by atoms with E-state index < -0.39 is 11.4 Å². The Labute approximate surface area is 245 Å². The summed E-state index contributed by atoms with van der Waals surface area (Å²) in [5.74, 6) is -0.111. The van der Waals surface area contributed by atoms with Gasteiger partial charge in [0.2, 0.25) is 5.88 Å². The molecule has 0 bridgehead atoms. The van der Waals surface area contributed by atoms with Crippen molar-refractivity contribution in [2.24, 2.45) is 0 Å². The Kier molecular flexibility index (Phi) is 5.78. The van der Waals surface area contributed by atoms with E-state index in [1.54, 1.807) is 36.5 Å². The van der Waals surface area contributed by atoms with E-state index in [0.29, 0.717) is 44.1 Å². The number of carbonyl (C=O) groups excluding carboxylic acids is 2. The molecule has 2 aliphatic heterocycles. The molecule has 208 valence electrons. The second kappa shape index (κ2) is 9.19. The summed E-state index contributed by atoms with van der Waals surface area (Å²) in [5, 5.41) is 3.90. The Bertz CT molecular complexity index is 1790. The van der Waals surface area contributed by atoms with Gasteiger partial charge in [0.15, 0.2) is 11.2 Å². The van der Waals surface area contributed by atoms with Gasteiger partial charge in [-0.2, -0.15) is 4.98 Å². The van der Waals surface area contributed by atoms with Gasteiger partial charge in [0, 0.05) is 33.5 Å². The monoisotopic (exact) mass is 590 g/mol. The molecule has 0 saturated heterocycles. The molecule has 12 heteroatoms. The number of ether oxygens (including phenoxy) is 2. The van der Waals surface area contributed by atoms with Crippen molar-refractivity contribution in [3.63, 3.8) is 0 Å². The summed E-state index contributed by atoms with van der Waals surface area (Å²) in [5.41, 5.74) is 2.00. The first kappa shape index (κ1) is 25.8. The minimum Gasteiger partial charge on any atom is -0.480 e. The third-order valence-corrected chi connectivity index (χ3v) is 8.61. The third-order valence-electron chi connectivity index (χ3n) is 8.14. The highest BCUT2D eigenvalue weighted by atomic mass is 35.5. The van der Waals surface area contributed by atoms with Crippen LogP contribution in [0.25, 0.3) is 11.4 Å². The van der Waals surface area contributed by atoms with E-state index in [0.717, 1.165) is 24.8 Å². The molecule has 1 atom stereocenters. The van der Waals surface area contributed by atoms with Gasteiger partial charge in [-0.1, -0.05) is 35.3 Å². The highest BCUT2D eigenvalue weighted by Crippen LogP contribution is 2.56. The Balaban J connectivity index is 1.58. The van der Waals surface area contributed by atoms with Crippen molar-refractivity contribution in [2.45, 2.75) is 37.8 Å². The Morgan fingerprint density at radius 2 is 1.78 bits per heavy atom.